The fourth-order valence-corrected chi connectivity index (χ4v) is 3.73. The summed E-state index contributed by atoms with van der Waals surface area (Å²) in [5, 5.41) is 0. The van der Waals surface area contributed by atoms with Crippen LogP contribution in [0.3, 0.4) is 0 Å². The number of halogens is 2. The average molecular weight is 358 g/mol. The van der Waals surface area contributed by atoms with Crippen LogP contribution in [0.15, 0.2) is 36.4 Å². The van der Waals surface area contributed by atoms with E-state index in [-0.39, 0.29) is 17.8 Å². The number of carbonyl (C=O) groups is 1. The summed E-state index contributed by atoms with van der Waals surface area (Å²) in [4.78, 5) is 12.7. The van der Waals surface area contributed by atoms with Crippen LogP contribution in [0.5, 0.6) is 5.75 Å². The SMILES string of the molecule is O=C1CC(C2CCCCOC2)Oc2ccc(-c3cc(F)cc(F)c3)cc21. The second-order valence-electron chi connectivity index (χ2n) is 6.98. The van der Waals surface area contributed by atoms with Gasteiger partial charge in [0, 0.05) is 25.0 Å². The first-order valence-electron chi connectivity index (χ1n) is 8.98. The molecular formula is C21H20F2O3. The van der Waals surface area contributed by atoms with Crippen molar-refractivity contribution in [3.8, 4) is 16.9 Å². The third kappa shape index (κ3) is 3.49. The molecule has 2 aliphatic heterocycles. The number of Topliss-reactive ketones (excluding diaryl/α,β-unsaturated/α-hetero) is 1. The lowest BCUT2D eigenvalue weighted by Gasteiger charge is -2.31. The van der Waals surface area contributed by atoms with Crippen molar-refractivity contribution >= 4 is 5.78 Å². The Balaban J connectivity index is 1.61. The molecule has 4 rings (SSSR count). The average Bonchev–Trinajstić information content (AvgIpc) is 2.90. The van der Waals surface area contributed by atoms with Gasteiger partial charge < -0.3 is 9.47 Å². The zero-order valence-corrected chi connectivity index (χ0v) is 14.3. The van der Waals surface area contributed by atoms with Crippen molar-refractivity contribution in [2.75, 3.05) is 13.2 Å². The monoisotopic (exact) mass is 358 g/mol. The lowest BCUT2D eigenvalue weighted by molar-refractivity contribution is 0.0393. The van der Waals surface area contributed by atoms with E-state index in [1.54, 1.807) is 18.2 Å². The van der Waals surface area contributed by atoms with E-state index in [0.29, 0.717) is 35.5 Å². The van der Waals surface area contributed by atoms with Crippen LogP contribution in [-0.4, -0.2) is 25.1 Å². The summed E-state index contributed by atoms with van der Waals surface area (Å²) in [5.41, 5.74) is 1.46. The van der Waals surface area contributed by atoms with Crippen molar-refractivity contribution in [1.82, 2.24) is 0 Å². The van der Waals surface area contributed by atoms with Crippen molar-refractivity contribution < 1.29 is 23.0 Å². The van der Waals surface area contributed by atoms with Crippen molar-refractivity contribution in [2.45, 2.75) is 31.8 Å². The molecule has 0 radical (unpaired) electrons. The van der Waals surface area contributed by atoms with Crippen LogP contribution in [0.2, 0.25) is 0 Å². The van der Waals surface area contributed by atoms with E-state index in [1.165, 1.54) is 12.1 Å². The second-order valence-corrected chi connectivity index (χ2v) is 6.98. The predicted octanol–water partition coefficient (Wildman–Crippen LogP) is 4.78. The van der Waals surface area contributed by atoms with Gasteiger partial charge in [-0.1, -0.05) is 12.5 Å². The Bertz CT molecular complexity index is 806. The first-order valence-corrected chi connectivity index (χ1v) is 8.98. The third-order valence-electron chi connectivity index (χ3n) is 5.11. The van der Waals surface area contributed by atoms with Crippen molar-refractivity contribution in [3.05, 3.63) is 53.6 Å². The van der Waals surface area contributed by atoms with E-state index in [9.17, 15) is 13.6 Å². The number of carbonyl (C=O) groups excluding carboxylic acids is 1. The summed E-state index contributed by atoms with van der Waals surface area (Å²) in [6.07, 6.45) is 3.25. The van der Waals surface area contributed by atoms with Crippen molar-refractivity contribution in [3.63, 3.8) is 0 Å². The number of ketones is 1. The fraction of sp³-hybridized carbons (Fsp3) is 0.381. The highest BCUT2D eigenvalue weighted by Gasteiger charge is 2.33. The van der Waals surface area contributed by atoms with Crippen molar-refractivity contribution in [2.24, 2.45) is 5.92 Å². The summed E-state index contributed by atoms with van der Waals surface area (Å²) < 4.78 is 38.7. The quantitative estimate of drug-likeness (QED) is 0.775. The summed E-state index contributed by atoms with van der Waals surface area (Å²) in [6.45, 7) is 1.38. The number of fused-ring (bicyclic) bond motifs is 1. The minimum absolute atomic E-state index is 0.000720. The Labute approximate surface area is 150 Å². The van der Waals surface area contributed by atoms with E-state index in [4.69, 9.17) is 9.47 Å². The summed E-state index contributed by atoms with van der Waals surface area (Å²) >= 11 is 0. The molecule has 1 saturated heterocycles. The van der Waals surface area contributed by atoms with Crippen LogP contribution in [0.1, 0.15) is 36.0 Å². The van der Waals surface area contributed by atoms with E-state index in [2.05, 4.69) is 0 Å². The number of rotatable bonds is 2. The number of hydrogen-bond donors (Lipinski definition) is 0. The van der Waals surface area contributed by atoms with Gasteiger partial charge in [-0.2, -0.15) is 0 Å². The van der Waals surface area contributed by atoms with Crippen LogP contribution in [0.4, 0.5) is 8.78 Å². The predicted molar refractivity (Wildman–Crippen MR) is 93.3 cm³/mol. The fourth-order valence-electron chi connectivity index (χ4n) is 3.73. The highest BCUT2D eigenvalue weighted by atomic mass is 19.1. The van der Waals surface area contributed by atoms with Gasteiger partial charge in [0.05, 0.1) is 12.2 Å². The van der Waals surface area contributed by atoms with E-state index in [1.807, 2.05) is 0 Å². The Kier molecular flexibility index (Phi) is 4.72. The van der Waals surface area contributed by atoms with Crippen LogP contribution < -0.4 is 4.74 Å². The minimum atomic E-state index is -0.645. The largest absolute Gasteiger partial charge is 0.489 e. The minimum Gasteiger partial charge on any atom is -0.489 e. The van der Waals surface area contributed by atoms with E-state index < -0.39 is 11.6 Å². The molecule has 0 amide bonds. The maximum atomic E-state index is 13.5. The second kappa shape index (κ2) is 7.16. The van der Waals surface area contributed by atoms with E-state index in [0.717, 1.165) is 31.9 Å². The zero-order valence-electron chi connectivity index (χ0n) is 14.3. The molecule has 0 N–H and O–H groups in total. The van der Waals surface area contributed by atoms with Gasteiger partial charge in [-0.3, -0.25) is 4.79 Å². The van der Waals surface area contributed by atoms with Gasteiger partial charge in [0.15, 0.2) is 5.78 Å². The molecule has 0 spiro atoms. The maximum Gasteiger partial charge on any atom is 0.170 e. The highest BCUT2D eigenvalue weighted by Crippen LogP contribution is 2.35. The van der Waals surface area contributed by atoms with Gasteiger partial charge in [0.25, 0.3) is 0 Å². The summed E-state index contributed by atoms with van der Waals surface area (Å²) in [7, 11) is 0. The molecule has 2 aromatic rings. The standard InChI is InChI=1S/C21H20F2O3/c22-16-7-15(8-17(23)10-16)13-4-5-20-18(9-13)19(24)11-21(26-20)14-3-1-2-6-25-12-14/h4-5,7-10,14,21H,1-3,6,11-12H2. The summed E-state index contributed by atoms with van der Waals surface area (Å²) in [6, 6.07) is 8.44. The first kappa shape index (κ1) is 17.2. The van der Waals surface area contributed by atoms with Gasteiger partial charge in [0.1, 0.15) is 23.5 Å². The molecule has 3 nitrogen and oxygen atoms in total. The molecule has 2 heterocycles. The smallest absolute Gasteiger partial charge is 0.170 e. The molecule has 2 aromatic carbocycles. The van der Waals surface area contributed by atoms with Gasteiger partial charge in [-0.25, -0.2) is 8.78 Å². The lowest BCUT2D eigenvalue weighted by Crippen LogP contribution is -2.35. The molecule has 1 fully saturated rings. The molecule has 26 heavy (non-hydrogen) atoms. The molecule has 0 aliphatic carbocycles. The van der Waals surface area contributed by atoms with Crippen LogP contribution in [0.25, 0.3) is 11.1 Å². The Morgan fingerprint density at radius 2 is 1.77 bits per heavy atom. The topological polar surface area (TPSA) is 35.5 Å². The first-order chi connectivity index (χ1) is 12.6. The maximum absolute atomic E-state index is 13.5. The number of ether oxygens (including phenoxy) is 2. The van der Waals surface area contributed by atoms with Gasteiger partial charge in [-0.15, -0.1) is 0 Å². The number of hydrogen-bond acceptors (Lipinski definition) is 3. The van der Waals surface area contributed by atoms with Crippen molar-refractivity contribution in [1.29, 1.82) is 0 Å². The molecule has 0 bridgehead atoms. The summed E-state index contributed by atoms with van der Waals surface area (Å²) in [5.74, 6) is -0.538. The van der Waals surface area contributed by atoms with Gasteiger partial charge in [-0.05, 0) is 48.2 Å². The molecule has 136 valence electrons. The van der Waals surface area contributed by atoms with Crippen LogP contribution >= 0.6 is 0 Å². The van der Waals surface area contributed by atoms with Gasteiger partial charge >= 0.3 is 0 Å². The molecule has 2 aliphatic rings. The Hall–Kier alpha value is -2.27. The van der Waals surface area contributed by atoms with Crippen LogP contribution in [-0.2, 0) is 4.74 Å². The third-order valence-corrected chi connectivity index (χ3v) is 5.11. The van der Waals surface area contributed by atoms with E-state index >= 15 is 0 Å². The molecular weight excluding hydrogens is 338 g/mol. The molecule has 0 saturated carbocycles. The molecule has 5 heteroatoms. The molecule has 0 aromatic heterocycles. The lowest BCUT2D eigenvalue weighted by atomic mass is 9.89. The highest BCUT2D eigenvalue weighted by molar-refractivity contribution is 6.01. The van der Waals surface area contributed by atoms with Crippen LogP contribution in [0, 0.1) is 17.6 Å². The number of benzene rings is 2. The van der Waals surface area contributed by atoms with Gasteiger partial charge in [0.2, 0.25) is 0 Å². The Morgan fingerprint density at radius 3 is 2.58 bits per heavy atom. The molecule has 2 unspecified atom stereocenters. The molecule has 2 atom stereocenters. The Morgan fingerprint density at radius 1 is 0.962 bits per heavy atom. The normalized spacial score (nSPS) is 23.1. The zero-order chi connectivity index (χ0) is 18.1.